The SMILES string of the molecule is O[C@@H](c1ccc(Cl)cc1)[C@H](c1ccccc1)N1CCCCCC1. The lowest BCUT2D eigenvalue weighted by Crippen LogP contribution is -2.33. The Morgan fingerprint density at radius 3 is 2.00 bits per heavy atom. The van der Waals surface area contributed by atoms with Gasteiger partial charge in [0.2, 0.25) is 0 Å². The monoisotopic (exact) mass is 329 g/mol. The van der Waals surface area contributed by atoms with Crippen LogP contribution in [0.1, 0.15) is 49.0 Å². The lowest BCUT2D eigenvalue weighted by Gasteiger charge is -2.34. The summed E-state index contributed by atoms with van der Waals surface area (Å²) < 4.78 is 0. The normalized spacial score (nSPS) is 19.0. The van der Waals surface area contributed by atoms with Gasteiger partial charge in [0, 0.05) is 5.02 Å². The maximum Gasteiger partial charge on any atom is 0.0986 e. The highest BCUT2D eigenvalue weighted by molar-refractivity contribution is 6.30. The smallest absolute Gasteiger partial charge is 0.0986 e. The van der Waals surface area contributed by atoms with Crippen LogP contribution < -0.4 is 0 Å². The summed E-state index contributed by atoms with van der Waals surface area (Å²) in [6.07, 6.45) is 4.44. The van der Waals surface area contributed by atoms with Gasteiger partial charge < -0.3 is 5.11 Å². The highest BCUT2D eigenvalue weighted by Crippen LogP contribution is 2.35. The molecule has 1 aliphatic heterocycles. The number of benzene rings is 2. The van der Waals surface area contributed by atoms with Crippen LogP contribution in [0.4, 0.5) is 0 Å². The second-order valence-electron chi connectivity index (χ2n) is 6.30. The van der Waals surface area contributed by atoms with Crippen LogP contribution in [-0.2, 0) is 0 Å². The molecule has 1 aliphatic rings. The Morgan fingerprint density at radius 1 is 0.783 bits per heavy atom. The first-order valence-corrected chi connectivity index (χ1v) is 8.86. The van der Waals surface area contributed by atoms with Gasteiger partial charge in [-0.05, 0) is 49.2 Å². The van der Waals surface area contributed by atoms with E-state index in [1.807, 2.05) is 30.3 Å². The third-order valence-corrected chi connectivity index (χ3v) is 4.94. The molecule has 23 heavy (non-hydrogen) atoms. The number of likely N-dealkylation sites (tertiary alicyclic amines) is 1. The van der Waals surface area contributed by atoms with E-state index in [2.05, 4.69) is 29.2 Å². The fraction of sp³-hybridized carbons (Fsp3) is 0.400. The number of halogens is 1. The van der Waals surface area contributed by atoms with E-state index in [1.54, 1.807) is 0 Å². The van der Waals surface area contributed by atoms with E-state index in [0.717, 1.165) is 18.7 Å². The average molecular weight is 330 g/mol. The lowest BCUT2D eigenvalue weighted by atomic mass is 9.94. The van der Waals surface area contributed by atoms with Crippen molar-refractivity contribution in [2.45, 2.75) is 37.8 Å². The zero-order chi connectivity index (χ0) is 16.1. The second-order valence-corrected chi connectivity index (χ2v) is 6.74. The molecule has 2 nitrogen and oxygen atoms in total. The molecule has 0 spiro atoms. The number of hydrogen-bond acceptors (Lipinski definition) is 2. The predicted molar refractivity (Wildman–Crippen MR) is 95.6 cm³/mol. The summed E-state index contributed by atoms with van der Waals surface area (Å²) in [5, 5.41) is 11.8. The van der Waals surface area contributed by atoms with Gasteiger partial charge in [0.25, 0.3) is 0 Å². The Kier molecular flexibility index (Phi) is 5.71. The summed E-state index contributed by atoms with van der Waals surface area (Å²) in [7, 11) is 0. The van der Waals surface area contributed by atoms with Crippen molar-refractivity contribution in [2.24, 2.45) is 0 Å². The molecule has 1 fully saturated rings. The van der Waals surface area contributed by atoms with Crippen LogP contribution in [0, 0.1) is 0 Å². The van der Waals surface area contributed by atoms with Crippen LogP contribution >= 0.6 is 11.6 Å². The molecule has 2 atom stereocenters. The lowest BCUT2D eigenvalue weighted by molar-refractivity contribution is 0.0488. The van der Waals surface area contributed by atoms with Gasteiger partial charge in [0.05, 0.1) is 12.1 Å². The van der Waals surface area contributed by atoms with Gasteiger partial charge >= 0.3 is 0 Å². The van der Waals surface area contributed by atoms with Crippen molar-refractivity contribution in [3.05, 3.63) is 70.7 Å². The van der Waals surface area contributed by atoms with Crippen LogP contribution in [0.2, 0.25) is 5.02 Å². The fourth-order valence-corrected chi connectivity index (χ4v) is 3.58. The molecule has 122 valence electrons. The standard InChI is InChI=1S/C20H24ClNO/c21-18-12-10-17(11-13-18)20(23)19(16-8-4-3-5-9-16)22-14-6-1-2-7-15-22/h3-5,8-13,19-20,23H,1-2,6-7,14-15H2/t19-,20-/m0/s1. The zero-order valence-electron chi connectivity index (χ0n) is 13.4. The molecule has 2 aromatic carbocycles. The van der Waals surface area contributed by atoms with Crippen molar-refractivity contribution in [3.63, 3.8) is 0 Å². The molecule has 3 heteroatoms. The largest absolute Gasteiger partial charge is 0.386 e. The summed E-state index contributed by atoms with van der Waals surface area (Å²) in [6.45, 7) is 2.09. The van der Waals surface area contributed by atoms with Crippen molar-refractivity contribution in [2.75, 3.05) is 13.1 Å². The molecular formula is C20H24ClNO. The molecule has 1 heterocycles. The second kappa shape index (κ2) is 7.96. The third-order valence-electron chi connectivity index (χ3n) is 4.69. The first kappa shape index (κ1) is 16.5. The Balaban J connectivity index is 1.92. The minimum Gasteiger partial charge on any atom is -0.386 e. The van der Waals surface area contributed by atoms with Gasteiger partial charge in [0.1, 0.15) is 0 Å². The summed E-state index contributed by atoms with van der Waals surface area (Å²) >= 11 is 5.99. The predicted octanol–water partition coefficient (Wildman–Crippen LogP) is 4.99. The van der Waals surface area contributed by atoms with Crippen LogP contribution in [0.3, 0.4) is 0 Å². The van der Waals surface area contributed by atoms with Gasteiger partial charge in [-0.15, -0.1) is 0 Å². The zero-order valence-corrected chi connectivity index (χ0v) is 14.1. The first-order valence-electron chi connectivity index (χ1n) is 8.48. The highest BCUT2D eigenvalue weighted by atomic mass is 35.5. The molecule has 2 aromatic rings. The molecule has 0 bridgehead atoms. The van der Waals surface area contributed by atoms with E-state index in [-0.39, 0.29) is 6.04 Å². The van der Waals surface area contributed by atoms with Gasteiger partial charge in [-0.1, -0.05) is 66.9 Å². The third kappa shape index (κ3) is 4.14. The summed E-state index contributed by atoms with van der Waals surface area (Å²) in [4.78, 5) is 2.45. The minimum absolute atomic E-state index is 0.00419. The summed E-state index contributed by atoms with van der Waals surface area (Å²) in [5.74, 6) is 0. The molecular weight excluding hydrogens is 306 g/mol. The van der Waals surface area contributed by atoms with E-state index in [1.165, 1.54) is 31.2 Å². The van der Waals surface area contributed by atoms with Crippen molar-refractivity contribution in [1.29, 1.82) is 0 Å². The van der Waals surface area contributed by atoms with E-state index in [9.17, 15) is 5.11 Å². The van der Waals surface area contributed by atoms with Gasteiger partial charge in [-0.25, -0.2) is 0 Å². The van der Waals surface area contributed by atoms with E-state index < -0.39 is 6.10 Å². The van der Waals surface area contributed by atoms with Crippen LogP contribution in [0.5, 0.6) is 0 Å². The van der Waals surface area contributed by atoms with Crippen molar-refractivity contribution in [1.82, 2.24) is 4.90 Å². The Morgan fingerprint density at radius 2 is 1.39 bits per heavy atom. The highest BCUT2D eigenvalue weighted by Gasteiger charge is 2.29. The molecule has 0 unspecified atom stereocenters. The number of rotatable bonds is 4. The summed E-state index contributed by atoms with van der Waals surface area (Å²) in [5.41, 5.74) is 2.10. The van der Waals surface area contributed by atoms with Crippen LogP contribution in [0.25, 0.3) is 0 Å². The van der Waals surface area contributed by atoms with Gasteiger partial charge in [-0.3, -0.25) is 4.90 Å². The summed E-state index contributed by atoms with van der Waals surface area (Å²) in [6, 6.07) is 17.9. The molecule has 1 saturated heterocycles. The molecule has 0 aliphatic carbocycles. The average Bonchev–Trinajstić information content (AvgIpc) is 2.86. The molecule has 1 N–H and O–H groups in total. The topological polar surface area (TPSA) is 23.5 Å². The van der Waals surface area contributed by atoms with Crippen LogP contribution in [-0.4, -0.2) is 23.1 Å². The van der Waals surface area contributed by atoms with Crippen molar-refractivity contribution < 1.29 is 5.11 Å². The van der Waals surface area contributed by atoms with Crippen LogP contribution in [0.15, 0.2) is 54.6 Å². The Hall–Kier alpha value is -1.35. The Labute approximate surface area is 143 Å². The van der Waals surface area contributed by atoms with E-state index in [0.29, 0.717) is 5.02 Å². The number of aliphatic hydroxyl groups is 1. The maximum absolute atomic E-state index is 11.1. The fourth-order valence-electron chi connectivity index (χ4n) is 3.46. The molecule has 0 aromatic heterocycles. The van der Waals surface area contributed by atoms with E-state index in [4.69, 9.17) is 11.6 Å². The molecule has 3 rings (SSSR count). The quantitative estimate of drug-likeness (QED) is 0.854. The maximum atomic E-state index is 11.1. The minimum atomic E-state index is -0.548. The van der Waals surface area contributed by atoms with Gasteiger partial charge in [-0.2, -0.15) is 0 Å². The Bertz CT molecular complexity index is 591. The van der Waals surface area contributed by atoms with Gasteiger partial charge in [0.15, 0.2) is 0 Å². The number of aliphatic hydroxyl groups excluding tert-OH is 1. The molecule has 0 radical (unpaired) electrons. The number of nitrogens with zero attached hydrogens (tertiary/aromatic N) is 1. The van der Waals surface area contributed by atoms with E-state index >= 15 is 0 Å². The molecule has 0 saturated carbocycles. The number of hydrogen-bond donors (Lipinski definition) is 1. The molecule has 0 amide bonds. The first-order chi connectivity index (χ1) is 11.3. The van der Waals surface area contributed by atoms with Crippen molar-refractivity contribution >= 4 is 11.6 Å². The van der Waals surface area contributed by atoms with Crippen molar-refractivity contribution in [3.8, 4) is 0 Å².